The second kappa shape index (κ2) is 11.5. The smallest absolute Gasteiger partial charge is 0.143 e. The van der Waals surface area contributed by atoms with Crippen LogP contribution in [0.2, 0.25) is 0 Å². The highest BCUT2D eigenvalue weighted by molar-refractivity contribution is 6.12. The summed E-state index contributed by atoms with van der Waals surface area (Å²) in [5, 5.41) is 0. The molecule has 8 unspecified atom stereocenters. The van der Waals surface area contributed by atoms with Crippen LogP contribution in [0.4, 0.5) is 0 Å². The van der Waals surface area contributed by atoms with E-state index in [0.717, 1.165) is 0 Å². The van der Waals surface area contributed by atoms with Crippen LogP contribution >= 0.6 is 0 Å². The van der Waals surface area contributed by atoms with Crippen molar-refractivity contribution in [2.45, 2.75) is 127 Å². The molecule has 0 amide bonds. The first kappa shape index (κ1) is 28.4. The van der Waals surface area contributed by atoms with Gasteiger partial charge in [0.05, 0.1) is 50.8 Å². The number of hydrogen-bond donors (Lipinski definition) is 0. The summed E-state index contributed by atoms with van der Waals surface area (Å²) >= 11 is 0. The molecule has 0 saturated carbocycles. The van der Waals surface area contributed by atoms with Crippen LogP contribution in [0.3, 0.4) is 0 Å². The molecule has 0 aliphatic carbocycles. The molecule has 0 aromatic rings. The van der Waals surface area contributed by atoms with Crippen LogP contribution in [0.15, 0.2) is 0 Å². The molecule has 0 aromatic carbocycles. The van der Waals surface area contributed by atoms with E-state index in [2.05, 4.69) is 0 Å². The normalized spacial score (nSPS) is 40.7. The Morgan fingerprint density at radius 2 is 1.24 bits per heavy atom. The molecule has 4 aliphatic rings. The lowest BCUT2D eigenvalue weighted by Crippen LogP contribution is -2.62. The summed E-state index contributed by atoms with van der Waals surface area (Å²) < 4.78 is 45.8. The van der Waals surface area contributed by atoms with Crippen LogP contribution in [-0.4, -0.2) is 114 Å². The van der Waals surface area contributed by atoms with Crippen LogP contribution in [0, 0.1) is 0 Å². The van der Waals surface area contributed by atoms with Gasteiger partial charge in [0.1, 0.15) is 51.3 Å². The van der Waals surface area contributed by atoms with Crippen LogP contribution < -0.4 is 0 Å². The molecule has 10 heteroatoms. The molecule has 4 fully saturated rings. The molecule has 4 aliphatic heterocycles. The van der Waals surface area contributed by atoms with Gasteiger partial charge in [0.25, 0.3) is 0 Å². The summed E-state index contributed by atoms with van der Waals surface area (Å²) in [7, 11) is 11.9. The van der Waals surface area contributed by atoms with E-state index >= 15 is 0 Å². The lowest BCUT2D eigenvalue weighted by Gasteiger charge is -2.44. The molecular weight excluding hydrogens is 438 g/mol. The van der Waals surface area contributed by atoms with Gasteiger partial charge >= 0.3 is 0 Å². The third-order valence-corrected chi connectivity index (χ3v) is 6.22. The Kier molecular flexibility index (Phi) is 9.57. The Hall–Kier alpha value is -0.190. The van der Waals surface area contributed by atoms with Crippen molar-refractivity contribution < 1.29 is 37.9 Å². The van der Waals surface area contributed by atoms with Gasteiger partial charge in [-0.1, -0.05) is 0 Å². The standard InChI is InChI=1S/2C12H21BO4/c1-7(2)14-5-12-6-15-10(12)9(11(13)17-12)16-8(3)4;1-7(2)14-5-12-6-15-9(11(13)17-12)10(12)16-8(3)4/h2*7-11H,5-6H2,1-4H3. The van der Waals surface area contributed by atoms with E-state index in [-0.39, 0.29) is 48.8 Å². The van der Waals surface area contributed by atoms with Crippen LogP contribution in [0.5, 0.6) is 0 Å². The van der Waals surface area contributed by atoms with E-state index in [1.54, 1.807) is 0 Å². The Labute approximate surface area is 207 Å². The van der Waals surface area contributed by atoms with E-state index in [4.69, 9.17) is 53.6 Å². The Morgan fingerprint density at radius 1 is 0.706 bits per heavy atom. The first-order valence-electron chi connectivity index (χ1n) is 12.5. The SMILES string of the molecule is [B]C1OC2(COC(C)C)COC1C2OC(C)C.[B]C1OC2(COC(C)C)COC2C1OC(C)C. The third-order valence-electron chi connectivity index (χ3n) is 6.22. The molecule has 4 heterocycles. The molecule has 0 N–H and O–H groups in total. The number of hydrogen-bond acceptors (Lipinski definition) is 8. The zero-order chi connectivity index (χ0) is 25.3. The Balaban J connectivity index is 0.000000191. The maximum Gasteiger partial charge on any atom is 0.143 e. The van der Waals surface area contributed by atoms with Crippen molar-refractivity contribution in [3.63, 3.8) is 0 Å². The largest absolute Gasteiger partial charge is 0.376 e. The van der Waals surface area contributed by atoms with Crippen molar-refractivity contribution >= 4 is 15.7 Å². The molecular formula is C24H42B2O8. The topological polar surface area (TPSA) is 73.8 Å². The van der Waals surface area contributed by atoms with E-state index < -0.39 is 23.2 Å². The van der Waals surface area contributed by atoms with E-state index in [9.17, 15) is 0 Å². The monoisotopic (exact) mass is 480 g/mol. The van der Waals surface area contributed by atoms with Gasteiger partial charge in [0.15, 0.2) is 0 Å². The maximum atomic E-state index is 5.96. The summed E-state index contributed by atoms with van der Waals surface area (Å²) in [6.07, 6.45) is -0.0289. The molecule has 0 spiro atoms. The molecule has 2 bridgehead atoms. The zero-order valence-electron chi connectivity index (χ0n) is 22.0. The van der Waals surface area contributed by atoms with Crippen LogP contribution in [0.25, 0.3) is 0 Å². The average Bonchev–Trinajstić information content (AvgIpc) is 3.23. The molecule has 4 radical (unpaired) electrons. The minimum Gasteiger partial charge on any atom is -0.376 e. The molecule has 192 valence electrons. The fourth-order valence-corrected chi connectivity index (χ4v) is 4.67. The van der Waals surface area contributed by atoms with Gasteiger partial charge < -0.3 is 37.9 Å². The molecule has 8 atom stereocenters. The van der Waals surface area contributed by atoms with Crippen molar-refractivity contribution in [2.24, 2.45) is 0 Å². The van der Waals surface area contributed by atoms with Crippen molar-refractivity contribution in [2.75, 3.05) is 26.4 Å². The summed E-state index contributed by atoms with van der Waals surface area (Å²) in [5.74, 6) is 0. The minimum atomic E-state index is -0.529. The van der Waals surface area contributed by atoms with Crippen molar-refractivity contribution in [1.29, 1.82) is 0 Å². The van der Waals surface area contributed by atoms with Gasteiger partial charge in [0, 0.05) is 12.0 Å². The van der Waals surface area contributed by atoms with Crippen molar-refractivity contribution in [1.82, 2.24) is 0 Å². The highest BCUT2D eigenvalue weighted by atomic mass is 16.7. The number of ether oxygens (including phenoxy) is 8. The van der Waals surface area contributed by atoms with Crippen molar-refractivity contribution in [3.05, 3.63) is 0 Å². The second-order valence-corrected chi connectivity index (χ2v) is 10.8. The van der Waals surface area contributed by atoms with E-state index in [0.29, 0.717) is 26.4 Å². The number of fused-ring (bicyclic) bond motifs is 3. The number of rotatable bonds is 10. The lowest BCUT2D eigenvalue weighted by molar-refractivity contribution is -0.252. The summed E-state index contributed by atoms with van der Waals surface area (Å²) in [4.78, 5) is 0. The van der Waals surface area contributed by atoms with Crippen molar-refractivity contribution in [3.8, 4) is 0 Å². The molecule has 34 heavy (non-hydrogen) atoms. The highest BCUT2D eigenvalue weighted by Crippen LogP contribution is 2.43. The molecule has 8 nitrogen and oxygen atoms in total. The average molecular weight is 480 g/mol. The highest BCUT2D eigenvalue weighted by Gasteiger charge is 2.62. The Morgan fingerprint density at radius 3 is 1.71 bits per heavy atom. The molecule has 4 saturated heterocycles. The third kappa shape index (κ3) is 6.20. The quantitative estimate of drug-likeness (QED) is 0.438. The molecule has 4 rings (SSSR count). The van der Waals surface area contributed by atoms with E-state index in [1.165, 1.54) is 0 Å². The van der Waals surface area contributed by atoms with E-state index in [1.807, 2.05) is 55.4 Å². The van der Waals surface area contributed by atoms with Gasteiger partial charge in [-0.05, 0) is 55.4 Å². The molecule has 0 aromatic heterocycles. The first-order chi connectivity index (χ1) is 15.9. The zero-order valence-corrected chi connectivity index (χ0v) is 22.0. The summed E-state index contributed by atoms with van der Waals surface area (Å²) in [6, 6.07) is -0.844. The fraction of sp³-hybridized carbons (Fsp3) is 1.00. The van der Waals surface area contributed by atoms with Gasteiger partial charge in [-0.25, -0.2) is 0 Å². The second-order valence-electron chi connectivity index (χ2n) is 10.8. The maximum absolute atomic E-state index is 5.96. The van der Waals surface area contributed by atoms with Gasteiger partial charge in [-0.15, -0.1) is 0 Å². The lowest BCUT2D eigenvalue weighted by atomic mass is 9.86. The predicted molar refractivity (Wildman–Crippen MR) is 128 cm³/mol. The minimum absolute atomic E-state index is 0.0985. The fourth-order valence-electron chi connectivity index (χ4n) is 4.67. The van der Waals surface area contributed by atoms with Crippen LogP contribution in [0.1, 0.15) is 55.4 Å². The predicted octanol–water partition coefficient (Wildman–Crippen LogP) is 1.73. The first-order valence-corrected chi connectivity index (χ1v) is 12.5. The summed E-state index contributed by atoms with van der Waals surface area (Å²) in [5.41, 5.74) is -0.929. The Bertz CT molecular complexity index is 650. The van der Waals surface area contributed by atoms with Gasteiger partial charge in [-0.3, -0.25) is 0 Å². The van der Waals surface area contributed by atoms with Gasteiger partial charge in [0.2, 0.25) is 0 Å². The summed E-state index contributed by atoms with van der Waals surface area (Å²) in [6.45, 7) is 18.0. The van der Waals surface area contributed by atoms with Crippen LogP contribution in [-0.2, 0) is 37.9 Å². The van der Waals surface area contributed by atoms with Gasteiger partial charge in [-0.2, -0.15) is 0 Å².